The number of epoxide rings is 2. The summed E-state index contributed by atoms with van der Waals surface area (Å²) in [6.45, 7) is 2.96. The first-order valence-electron chi connectivity index (χ1n) is 11.8. The van der Waals surface area contributed by atoms with Crippen LogP contribution in [0.1, 0.15) is 44.1 Å². The molecule has 2 heterocycles. The van der Waals surface area contributed by atoms with E-state index in [0.717, 1.165) is 42.5 Å². The summed E-state index contributed by atoms with van der Waals surface area (Å²) < 4.78 is 23.1. The lowest BCUT2D eigenvalue weighted by Gasteiger charge is -2.57. The fraction of sp³-hybridized carbons (Fsp3) is 0.615. The van der Waals surface area contributed by atoms with Gasteiger partial charge in [0.25, 0.3) is 0 Å². The van der Waals surface area contributed by atoms with Gasteiger partial charge in [0.1, 0.15) is 36.9 Å². The molecular weight excluding hydrogens is 376 g/mol. The molecule has 0 spiro atoms. The van der Waals surface area contributed by atoms with Crippen LogP contribution in [0.5, 0.6) is 11.5 Å². The molecule has 2 saturated heterocycles. The Kier molecular flexibility index (Phi) is 3.93. The van der Waals surface area contributed by atoms with E-state index in [1.807, 2.05) is 0 Å². The summed E-state index contributed by atoms with van der Waals surface area (Å²) in [6, 6.07) is 11.2. The molecule has 0 amide bonds. The fourth-order valence-corrected chi connectivity index (χ4v) is 7.02. The zero-order chi connectivity index (χ0) is 19.7. The van der Waals surface area contributed by atoms with Gasteiger partial charge < -0.3 is 18.9 Å². The Labute approximate surface area is 177 Å². The van der Waals surface area contributed by atoms with Crippen LogP contribution in [0.25, 0.3) is 10.8 Å². The van der Waals surface area contributed by atoms with Gasteiger partial charge in [-0.25, -0.2) is 0 Å². The molecule has 6 aliphatic rings. The average Bonchev–Trinajstić information content (AvgIpc) is 3.64. The van der Waals surface area contributed by atoms with Crippen LogP contribution in [-0.2, 0) is 14.9 Å². The van der Waals surface area contributed by atoms with E-state index in [1.165, 1.54) is 54.9 Å². The van der Waals surface area contributed by atoms with E-state index in [4.69, 9.17) is 18.9 Å². The van der Waals surface area contributed by atoms with Crippen molar-refractivity contribution in [2.24, 2.45) is 17.8 Å². The second-order valence-electron chi connectivity index (χ2n) is 10.6. The highest BCUT2D eigenvalue weighted by Gasteiger charge is 2.52. The second-order valence-corrected chi connectivity index (χ2v) is 10.6. The summed E-state index contributed by atoms with van der Waals surface area (Å²) in [5.41, 5.74) is 1.79. The number of fused-ring (bicyclic) bond motifs is 1. The van der Waals surface area contributed by atoms with Crippen molar-refractivity contribution < 1.29 is 18.9 Å². The normalized spacial score (nSPS) is 38.1. The van der Waals surface area contributed by atoms with E-state index in [2.05, 4.69) is 30.3 Å². The van der Waals surface area contributed by atoms with Crippen molar-refractivity contribution in [3.63, 3.8) is 0 Å². The minimum atomic E-state index is 0.275. The van der Waals surface area contributed by atoms with E-state index in [0.29, 0.717) is 18.6 Å². The molecule has 2 aromatic rings. The number of rotatable bonds is 7. The van der Waals surface area contributed by atoms with Crippen LogP contribution in [0.3, 0.4) is 0 Å². The number of hydrogen-bond donors (Lipinski definition) is 0. The fourth-order valence-electron chi connectivity index (χ4n) is 7.02. The van der Waals surface area contributed by atoms with Gasteiger partial charge in [-0.3, -0.25) is 0 Å². The largest absolute Gasteiger partial charge is 0.491 e. The summed E-state index contributed by atoms with van der Waals surface area (Å²) in [7, 11) is 0. The monoisotopic (exact) mass is 406 g/mol. The molecule has 4 aliphatic carbocycles. The lowest BCUT2D eigenvalue weighted by molar-refractivity contribution is -0.00637. The topological polar surface area (TPSA) is 43.5 Å². The Bertz CT molecular complexity index is 939. The number of hydrogen-bond acceptors (Lipinski definition) is 4. The van der Waals surface area contributed by atoms with Crippen LogP contribution in [0, 0.1) is 17.8 Å². The van der Waals surface area contributed by atoms with Crippen LogP contribution in [-0.4, -0.2) is 38.6 Å². The lowest BCUT2D eigenvalue weighted by atomic mass is 9.48. The first-order valence-corrected chi connectivity index (χ1v) is 11.8. The van der Waals surface area contributed by atoms with Crippen molar-refractivity contribution in [2.75, 3.05) is 26.4 Å². The van der Waals surface area contributed by atoms with Gasteiger partial charge in [0.2, 0.25) is 0 Å². The first kappa shape index (κ1) is 17.9. The molecule has 30 heavy (non-hydrogen) atoms. The van der Waals surface area contributed by atoms with Crippen molar-refractivity contribution in [3.8, 4) is 11.5 Å². The maximum absolute atomic E-state index is 6.42. The summed E-state index contributed by atoms with van der Waals surface area (Å²) in [5.74, 6) is 4.77. The summed E-state index contributed by atoms with van der Waals surface area (Å²) in [5, 5.41) is 2.50. The van der Waals surface area contributed by atoms with Crippen molar-refractivity contribution in [2.45, 2.75) is 56.1 Å². The van der Waals surface area contributed by atoms with Crippen molar-refractivity contribution in [1.29, 1.82) is 0 Å². The predicted octanol–water partition coefficient (Wildman–Crippen LogP) is 4.86. The Morgan fingerprint density at radius 2 is 1.40 bits per heavy atom. The van der Waals surface area contributed by atoms with Crippen LogP contribution < -0.4 is 9.47 Å². The SMILES string of the molecule is c1cc2cc(C34CC5CC(CC(C5)C3)C4)c(OCC3CO3)cc2cc1OCC1CO1. The van der Waals surface area contributed by atoms with Crippen LogP contribution >= 0.6 is 0 Å². The second kappa shape index (κ2) is 6.61. The molecule has 2 aromatic carbocycles. The van der Waals surface area contributed by atoms with Crippen molar-refractivity contribution >= 4 is 10.8 Å². The van der Waals surface area contributed by atoms with Crippen LogP contribution in [0.15, 0.2) is 30.3 Å². The molecule has 8 rings (SSSR count). The molecule has 0 radical (unpaired) electrons. The van der Waals surface area contributed by atoms with Gasteiger partial charge in [0, 0.05) is 5.56 Å². The van der Waals surface area contributed by atoms with E-state index in [9.17, 15) is 0 Å². The summed E-state index contributed by atoms with van der Waals surface area (Å²) in [6.07, 6.45) is 8.99. The van der Waals surface area contributed by atoms with Gasteiger partial charge in [-0.2, -0.15) is 0 Å². The molecule has 4 heteroatoms. The maximum atomic E-state index is 6.42. The summed E-state index contributed by atoms with van der Waals surface area (Å²) in [4.78, 5) is 0. The van der Waals surface area contributed by atoms with Gasteiger partial charge in [0.15, 0.2) is 0 Å². The Hall–Kier alpha value is -1.78. The maximum Gasteiger partial charge on any atom is 0.123 e. The molecule has 2 atom stereocenters. The third-order valence-corrected chi connectivity index (χ3v) is 8.19. The quantitative estimate of drug-likeness (QED) is 0.616. The molecule has 158 valence electrons. The molecule has 4 saturated carbocycles. The first-order chi connectivity index (χ1) is 14.7. The standard InChI is InChI=1S/C26H30O4/c1-2-21(27-12-22-13-28-22)6-20-8-25(30-15-23-14-29-23)24(7-19(1)20)26-9-16-3-17(10-26)5-18(4-16)11-26/h1-2,6-8,16-18,22-23H,3-5,9-15H2. The van der Waals surface area contributed by atoms with Crippen LogP contribution in [0.4, 0.5) is 0 Å². The smallest absolute Gasteiger partial charge is 0.123 e. The van der Waals surface area contributed by atoms with Crippen LogP contribution in [0.2, 0.25) is 0 Å². The number of benzene rings is 2. The third kappa shape index (κ3) is 3.20. The molecule has 4 nitrogen and oxygen atoms in total. The molecule has 2 unspecified atom stereocenters. The zero-order valence-electron chi connectivity index (χ0n) is 17.5. The van der Waals surface area contributed by atoms with Crippen molar-refractivity contribution in [1.82, 2.24) is 0 Å². The zero-order valence-corrected chi connectivity index (χ0v) is 17.5. The van der Waals surface area contributed by atoms with Gasteiger partial charge in [-0.05, 0) is 96.7 Å². The minimum absolute atomic E-state index is 0.275. The Morgan fingerprint density at radius 1 is 0.767 bits per heavy atom. The predicted molar refractivity (Wildman–Crippen MR) is 114 cm³/mol. The van der Waals surface area contributed by atoms with Gasteiger partial charge in [-0.15, -0.1) is 0 Å². The van der Waals surface area contributed by atoms with E-state index >= 15 is 0 Å². The number of ether oxygens (including phenoxy) is 4. The summed E-state index contributed by atoms with van der Waals surface area (Å²) >= 11 is 0. The molecule has 4 bridgehead atoms. The lowest BCUT2D eigenvalue weighted by Crippen LogP contribution is -2.48. The molecule has 6 fully saturated rings. The Morgan fingerprint density at radius 3 is 2.03 bits per heavy atom. The molecule has 2 aliphatic heterocycles. The van der Waals surface area contributed by atoms with E-state index in [1.54, 1.807) is 0 Å². The third-order valence-electron chi connectivity index (χ3n) is 8.19. The van der Waals surface area contributed by atoms with E-state index in [-0.39, 0.29) is 12.2 Å². The average molecular weight is 407 g/mol. The van der Waals surface area contributed by atoms with Gasteiger partial charge >= 0.3 is 0 Å². The van der Waals surface area contributed by atoms with Gasteiger partial charge in [-0.1, -0.05) is 6.07 Å². The molecule has 0 aromatic heterocycles. The van der Waals surface area contributed by atoms with Crippen molar-refractivity contribution in [3.05, 3.63) is 35.9 Å². The highest BCUT2D eigenvalue weighted by atomic mass is 16.6. The molecule has 0 N–H and O–H groups in total. The molecular formula is C26H30O4. The highest BCUT2D eigenvalue weighted by molar-refractivity contribution is 5.86. The Balaban J connectivity index is 1.27. The van der Waals surface area contributed by atoms with Gasteiger partial charge in [0.05, 0.1) is 13.2 Å². The van der Waals surface area contributed by atoms with E-state index < -0.39 is 0 Å². The minimum Gasteiger partial charge on any atom is -0.491 e. The highest BCUT2D eigenvalue weighted by Crippen LogP contribution is 2.62.